The number of piperidine rings is 1. The highest BCUT2D eigenvalue weighted by Gasteiger charge is 2.45. The first-order valence-electron chi connectivity index (χ1n) is 24.8. The molecule has 386 valence electrons. The Balaban J connectivity index is 0.681. The Labute approximate surface area is 422 Å². The van der Waals surface area contributed by atoms with Crippen molar-refractivity contribution in [3.05, 3.63) is 105 Å². The van der Waals surface area contributed by atoms with Crippen LogP contribution >= 0.6 is 0 Å². The third-order valence-electron chi connectivity index (χ3n) is 13.1. The third kappa shape index (κ3) is 12.5. The molecule has 3 aliphatic rings. The van der Waals surface area contributed by atoms with Crippen LogP contribution < -0.4 is 31.7 Å². The number of ether oxygens (including phenoxy) is 3. The zero-order valence-corrected chi connectivity index (χ0v) is 41.7. The highest BCUT2D eigenvalue weighted by Crippen LogP contribution is 2.33. The minimum absolute atomic E-state index is 0.0380. The van der Waals surface area contributed by atoms with Gasteiger partial charge >= 0.3 is 0 Å². The number of rotatable bonds is 23. The van der Waals surface area contributed by atoms with Gasteiger partial charge in [0.25, 0.3) is 23.3 Å². The molecule has 2 aromatic carbocycles. The van der Waals surface area contributed by atoms with Crippen molar-refractivity contribution in [1.82, 2.24) is 45.5 Å². The Kier molecular flexibility index (Phi) is 17.0. The summed E-state index contributed by atoms with van der Waals surface area (Å²) in [5, 5.41) is 16.5. The van der Waals surface area contributed by atoms with E-state index in [0.29, 0.717) is 82.5 Å². The lowest BCUT2D eigenvalue weighted by Crippen LogP contribution is -2.54. The molecule has 21 nitrogen and oxygen atoms in total. The Morgan fingerprint density at radius 1 is 0.822 bits per heavy atom. The number of hydrogen-bond acceptors (Lipinski definition) is 15. The van der Waals surface area contributed by atoms with Gasteiger partial charge in [0.15, 0.2) is 0 Å². The van der Waals surface area contributed by atoms with Crippen molar-refractivity contribution in [3.63, 3.8) is 0 Å². The Morgan fingerprint density at radius 2 is 1.56 bits per heavy atom. The van der Waals surface area contributed by atoms with E-state index < -0.39 is 29.7 Å². The molecule has 5 N–H and O–H groups in total. The number of aromatic amines is 1. The van der Waals surface area contributed by atoms with Crippen LogP contribution in [0.15, 0.2) is 65.7 Å². The maximum absolute atomic E-state index is 13.7. The number of carbonyl (C=O) groups is 6. The van der Waals surface area contributed by atoms with E-state index in [1.165, 1.54) is 0 Å². The number of fused-ring (bicyclic) bond motifs is 2. The molecule has 0 saturated carbocycles. The van der Waals surface area contributed by atoms with Gasteiger partial charge in [0.2, 0.25) is 17.7 Å². The predicted octanol–water partition coefficient (Wildman–Crippen LogP) is 3.11. The number of imide groups is 2. The zero-order valence-electron chi connectivity index (χ0n) is 41.7. The number of hydrogen-bond donors (Lipinski definition) is 5. The summed E-state index contributed by atoms with van der Waals surface area (Å²) in [6.07, 6.45) is 4.06. The molecule has 6 amide bonds. The zero-order chi connectivity index (χ0) is 51.6. The number of carbonyl (C=O) groups excluding carboxylic acids is 6. The van der Waals surface area contributed by atoms with Gasteiger partial charge in [-0.05, 0) is 87.7 Å². The van der Waals surface area contributed by atoms with Crippen molar-refractivity contribution in [2.45, 2.75) is 65.6 Å². The first kappa shape index (κ1) is 52.0. The molecule has 0 aliphatic carbocycles. The summed E-state index contributed by atoms with van der Waals surface area (Å²) in [7, 11) is 0. The average molecular weight is 1000 g/mol. The number of piperazine rings is 1. The van der Waals surface area contributed by atoms with Gasteiger partial charge in [-0.25, -0.2) is 4.98 Å². The van der Waals surface area contributed by atoms with Crippen LogP contribution in [-0.2, 0) is 35.1 Å². The maximum atomic E-state index is 13.7. The maximum Gasteiger partial charge on any atom is 0.264 e. The number of pyridine rings is 2. The third-order valence-corrected chi connectivity index (χ3v) is 13.1. The van der Waals surface area contributed by atoms with Crippen molar-refractivity contribution in [1.29, 1.82) is 0 Å². The van der Waals surface area contributed by atoms with E-state index >= 15 is 0 Å². The SMILES string of the molecule is Cc1cc(C)c(CNC(=O)c2cc(-c3ccc(N4CCN(CCC(=O)NCCOCCOCCOCCNc5cccc6c5C(=O)N(C5CCC(=O)NC5=O)C6=O)CC4)nc3)cc3c2cnn3C(C)C)c(=O)[nH]1. The van der Waals surface area contributed by atoms with Gasteiger partial charge < -0.3 is 40.0 Å². The van der Waals surface area contributed by atoms with Gasteiger partial charge in [-0.2, -0.15) is 5.10 Å². The van der Waals surface area contributed by atoms with Gasteiger partial charge in [-0.3, -0.25) is 53.4 Å². The summed E-state index contributed by atoms with van der Waals surface area (Å²) in [4.78, 5) is 102. The van der Waals surface area contributed by atoms with Crippen LogP contribution in [-0.4, -0.2) is 156 Å². The van der Waals surface area contributed by atoms with Crippen LogP contribution in [0.25, 0.3) is 22.0 Å². The quantitative estimate of drug-likeness (QED) is 0.0466. The molecule has 1 atom stereocenters. The monoisotopic (exact) mass is 1000 g/mol. The number of amides is 6. The minimum Gasteiger partial charge on any atom is -0.382 e. The molecule has 73 heavy (non-hydrogen) atoms. The summed E-state index contributed by atoms with van der Waals surface area (Å²) in [5.41, 5.74) is 5.72. The Bertz CT molecular complexity index is 2910. The molecule has 3 aromatic heterocycles. The minimum atomic E-state index is -1.03. The van der Waals surface area contributed by atoms with Crippen LogP contribution in [0.1, 0.15) is 87.0 Å². The molecule has 0 spiro atoms. The highest BCUT2D eigenvalue weighted by molar-refractivity contribution is 6.25. The standard InChI is InChI=1S/C52H63N11O10/c1-32(2)63-43-28-36(27-38(40(43)31-57-63)48(66)56-30-39-33(3)26-34(4)58-49(39)67)35-8-10-44(55-29-35)61-18-16-60(17-19-61)15-12-45(64)54-14-21-72-23-25-73-24-22-71-20-13-53-41-7-5-6-37-47(41)52(70)62(51(37)69)42-9-11-46(65)59-50(42)68/h5-8,10,26-29,31-32,42,53H,9,11-25,30H2,1-4H3,(H,54,64)(H,56,66)(H,58,67)(H,59,65,68). The second-order valence-electron chi connectivity index (χ2n) is 18.5. The fourth-order valence-corrected chi connectivity index (χ4v) is 9.29. The van der Waals surface area contributed by atoms with Gasteiger partial charge in [0.05, 0.1) is 68.0 Å². The number of nitrogens with zero attached hydrogens (tertiary/aromatic N) is 6. The van der Waals surface area contributed by atoms with E-state index in [9.17, 15) is 33.6 Å². The topological polar surface area (TPSA) is 252 Å². The lowest BCUT2D eigenvalue weighted by atomic mass is 10.0. The summed E-state index contributed by atoms with van der Waals surface area (Å²) >= 11 is 0. The van der Waals surface area contributed by atoms with E-state index in [4.69, 9.17) is 19.2 Å². The number of aryl methyl sites for hydroxylation is 2. The van der Waals surface area contributed by atoms with Crippen molar-refractivity contribution in [2.24, 2.45) is 0 Å². The molecule has 21 heteroatoms. The second-order valence-corrected chi connectivity index (χ2v) is 18.5. The molecular formula is C52H63N11O10. The molecule has 5 aromatic rings. The number of H-pyrrole nitrogens is 1. The summed E-state index contributed by atoms with van der Waals surface area (Å²) < 4.78 is 18.7. The lowest BCUT2D eigenvalue weighted by molar-refractivity contribution is -0.136. The van der Waals surface area contributed by atoms with Crippen LogP contribution in [0.3, 0.4) is 0 Å². The predicted molar refractivity (Wildman–Crippen MR) is 271 cm³/mol. The molecule has 8 rings (SSSR count). The molecule has 0 radical (unpaired) electrons. The molecule has 1 unspecified atom stereocenters. The number of anilines is 2. The van der Waals surface area contributed by atoms with Crippen LogP contribution in [0.4, 0.5) is 11.5 Å². The molecule has 2 saturated heterocycles. The lowest BCUT2D eigenvalue weighted by Gasteiger charge is -2.35. The number of nitrogens with one attached hydrogen (secondary N) is 5. The average Bonchev–Trinajstić information content (AvgIpc) is 3.92. The summed E-state index contributed by atoms with van der Waals surface area (Å²) in [6.45, 7) is 14.5. The Hall–Kier alpha value is -7.33. The van der Waals surface area contributed by atoms with Crippen LogP contribution in [0.2, 0.25) is 0 Å². The van der Waals surface area contributed by atoms with E-state index in [1.54, 1.807) is 24.4 Å². The van der Waals surface area contributed by atoms with Gasteiger partial charge in [-0.15, -0.1) is 0 Å². The van der Waals surface area contributed by atoms with E-state index in [0.717, 1.165) is 70.2 Å². The first-order valence-corrected chi connectivity index (χ1v) is 24.8. The fraction of sp³-hybridized carbons (Fsp3) is 0.442. The van der Waals surface area contributed by atoms with Crippen molar-refractivity contribution in [2.75, 3.05) is 95.7 Å². The van der Waals surface area contributed by atoms with Gasteiger partial charge in [0.1, 0.15) is 11.9 Å². The molecule has 6 heterocycles. The largest absolute Gasteiger partial charge is 0.382 e. The van der Waals surface area contributed by atoms with Crippen molar-refractivity contribution < 1.29 is 43.0 Å². The van der Waals surface area contributed by atoms with Gasteiger partial charge in [-0.1, -0.05) is 6.07 Å². The van der Waals surface area contributed by atoms with Crippen molar-refractivity contribution in [3.8, 4) is 11.1 Å². The summed E-state index contributed by atoms with van der Waals surface area (Å²) in [5.74, 6) is -1.70. The van der Waals surface area contributed by atoms with Gasteiger partial charge in [0, 0.05) is 105 Å². The van der Waals surface area contributed by atoms with E-state index in [2.05, 4.69) is 41.1 Å². The van der Waals surface area contributed by atoms with E-state index in [1.807, 2.05) is 68.9 Å². The highest BCUT2D eigenvalue weighted by atomic mass is 16.5. The molecule has 3 aliphatic heterocycles. The molecule has 0 bridgehead atoms. The first-order chi connectivity index (χ1) is 35.3. The molecule has 2 fully saturated rings. The second kappa shape index (κ2) is 23.9. The van der Waals surface area contributed by atoms with Crippen LogP contribution in [0.5, 0.6) is 0 Å². The van der Waals surface area contributed by atoms with Crippen molar-refractivity contribution >= 4 is 57.9 Å². The van der Waals surface area contributed by atoms with Crippen LogP contribution in [0, 0.1) is 13.8 Å². The summed E-state index contributed by atoms with van der Waals surface area (Å²) in [6, 6.07) is 13.7. The Morgan fingerprint density at radius 3 is 2.26 bits per heavy atom. The molecular weight excluding hydrogens is 939 g/mol. The van der Waals surface area contributed by atoms with E-state index in [-0.39, 0.29) is 53.9 Å². The smallest absolute Gasteiger partial charge is 0.264 e. The number of aromatic nitrogens is 4. The normalized spacial score (nSPS) is 16.1. The number of benzene rings is 2. The fourth-order valence-electron chi connectivity index (χ4n) is 9.29.